The second kappa shape index (κ2) is 44.6. The van der Waals surface area contributed by atoms with Crippen LogP contribution in [0.4, 0.5) is 0 Å². The van der Waals surface area contributed by atoms with E-state index in [1.807, 2.05) is 20.9 Å². The SMILES string of the molecule is CCO[Si](CCCCCCCCCCCCCCCCCCCC/C=C/CCCN(C)CCCC1OC(CO)C(OC2OC(CO)C(O)C(C)(SOO[O-])C2O)C(OC2OC(C)C(O)C(O)C2O)C1NC(C)=O)(OCC)O[SiH2]C(C)C.[Na+]. The van der Waals surface area contributed by atoms with Gasteiger partial charge in [0.2, 0.25) is 5.91 Å². The van der Waals surface area contributed by atoms with Crippen LogP contribution in [0.2, 0.25) is 11.6 Å². The summed E-state index contributed by atoms with van der Waals surface area (Å²) in [6.07, 6.45) is 13.7. The maximum absolute atomic E-state index is 12.9. The predicted octanol–water partition coefficient (Wildman–Crippen LogP) is 2.32. The molecule has 3 heterocycles. The molecule has 0 aromatic heterocycles. The van der Waals surface area contributed by atoms with E-state index in [2.05, 4.69) is 45.6 Å². The maximum Gasteiger partial charge on any atom is 1.00 e. The van der Waals surface area contributed by atoms with Gasteiger partial charge in [-0.1, -0.05) is 129 Å². The third-order valence-electron chi connectivity index (χ3n) is 15.8. The zero-order chi connectivity index (χ0) is 59.6. The molecule has 3 aliphatic rings. The number of amides is 1. The van der Waals surface area contributed by atoms with Crippen LogP contribution in [0.3, 0.4) is 0 Å². The summed E-state index contributed by atoms with van der Waals surface area (Å²) in [5, 5.41) is 92.6. The minimum atomic E-state index is -2.49. The van der Waals surface area contributed by atoms with E-state index in [1.54, 1.807) is 0 Å². The molecule has 3 rings (SSSR count). The van der Waals surface area contributed by atoms with Gasteiger partial charge in [-0.05, 0) is 98.3 Å². The summed E-state index contributed by atoms with van der Waals surface area (Å²) in [5.41, 5.74) is 0.613. The number of allylic oxidation sites excluding steroid dienone is 2. The Morgan fingerprint density at radius 3 is 1.72 bits per heavy atom. The monoisotopic (exact) mass is 1240 g/mol. The molecule has 25 heteroatoms. The van der Waals surface area contributed by atoms with Crippen molar-refractivity contribution in [3.63, 3.8) is 0 Å². The van der Waals surface area contributed by atoms with Gasteiger partial charge in [0.25, 0.3) is 0 Å². The van der Waals surface area contributed by atoms with Gasteiger partial charge < -0.3 is 87.9 Å². The van der Waals surface area contributed by atoms with Gasteiger partial charge in [-0.25, -0.2) is 0 Å². The number of hydrogen-bond acceptors (Lipinski definition) is 21. The Balaban J connectivity index is 0.0000230. The van der Waals surface area contributed by atoms with E-state index in [-0.39, 0.29) is 41.6 Å². The molecule has 478 valence electrons. The van der Waals surface area contributed by atoms with E-state index in [1.165, 1.54) is 130 Å². The number of hydrogen-bond donors (Lipinski definition) is 8. The summed E-state index contributed by atoms with van der Waals surface area (Å²) < 4.78 is 52.0. The number of nitrogens with one attached hydrogen (secondary N) is 1. The van der Waals surface area contributed by atoms with Crippen molar-refractivity contribution in [3.05, 3.63) is 12.2 Å². The van der Waals surface area contributed by atoms with E-state index < -0.39 is 128 Å². The first-order chi connectivity index (χ1) is 38.9. The molecule has 3 fully saturated rings. The van der Waals surface area contributed by atoms with Crippen LogP contribution in [0.25, 0.3) is 0 Å². The van der Waals surface area contributed by atoms with Crippen LogP contribution in [0.15, 0.2) is 12.2 Å². The van der Waals surface area contributed by atoms with Crippen molar-refractivity contribution in [1.29, 1.82) is 0 Å². The van der Waals surface area contributed by atoms with Crippen molar-refractivity contribution >= 4 is 36.5 Å². The molecule has 0 radical (unpaired) electrons. The summed E-state index contributed by atoms with van der Waals surface area (Å²) in [4.78, 5) is 15.1. The van der Waals surface area contributed by atoms with Crippen LogP contribution >= 0.6 is 12.0 Å². The molecule has 8 N–H and O–H groups in total. The number of nitrogens with zero attached hydrogens (tertiary/aromatic N) is 1. The van der Waals surface area contributed by atoms with Gasteiger partial charge in [0.1, 0.15) is 59.7 Å². The average Bonchev–Trinajstić information content (AvgIpc) is 3.58. The topological polar surface area (TPSA) is 289 Å². The summed E-state index contributed by atoms with van der Waals surface area (Å²) in [6.45, 7) is 14.1. The Hall–Kier alpha value is 0.234. The fraction of sp³-hybridized carbons (Fsp3) is 0.947. The molecule has 3 aliphatic heterocycles. The van der Waals surface area contributed by atoms with Gasteiger partial charge in [0.05, 0.1) is 31.5 Å². The largest absolute Gasteiger partial charge is 1.00 e. The van der Waals surface area contributed by atoms with Crippen LogP contribution in [0.5, 0.6) is 0 Å². The number of carbonyl (C=O) groups is 1. The smallest absolute Gasteiger partial charge is 0.691 e. The fourth-order valence-electron chi connectivity index (χ4n) is 11.0. The maximum atomic E-state index is 12.9. The Morgan fingerprint density at radius 2 is 1.21 bits per heavy atom. The molecule has 0 aromatic carbocycles. The molecule has 0 bridgehead atoms. The first-order valence-corrected chi connectivity index (χ1v) is 35.0. The van der Waals surface area contributed by atoms with Gasteiger partial charge in [-0.3, -0.25) is 9.83 Å². The Kier molecular flexibility index (Phi) is 42.6. The molecule has 1 amide bonds. The first kappa shape index (κ1) is 78.3. The van der Waals surface area contributed by atoms with Crippen LogP contribution in [-0.2, 0) is 50.8 Å². The standard InChI is InChI=1S/C57H112N2O19SSi2.Na/c1-9-69-81(70-10-2,78-80-41(3)4)38-33-31-29-27-25-23-21-19-17-15-13-11-12-14-16-18-20-22-24-26-28-30-32-36-59(8)37-34-35-44-47(58-43(6)62)52(75-55-50(65)49(64)48(63)42(5)71-55)51(45(39-60)72-44)74-56-54(67)57(7,79-77-76-68)53(66)46(40-61)73-56;/h26,28,41-42,44-56,60-61,63-68H,9-25,27,29-40,80H2,1-8H3,(H,58,62);/q;+1/p-1/b28-26+;. The van der Waals surface area contributed by atoms with Crippen LogP contribution in [0.1, 0.15) is 196 Å². The molecular formula is C57H111N2NaO19SSi2. The minimum Gasteiger partial charge on any atom is -0.691 e. The zero-order valence-electron chi connectivity index (χ0n) is 51.6. The molecule has 82 heavy (non-hydrogen) atoms. The van der Waals surface area contributed by atoms with E-state index in [0.29, 0.717) is 38.1 Å². The van der Waals surface area contributed by atoms with E-state index in [4.69, 9.17) is 36.7 Å². The third kappa shape index (κ3) is 28.0. The molecule has 0 spiro atoms. The second-order valence-corrected chi connectivity index (χ2v) is 30.0. The van der Waals surface area contributed by atoms with E-state index >= 15 is 0 Å². The Labute approximate surface area is 521 Å². The fourth-order valence-corrected chi connectivity index (χ4v) is 17.2. The molecule has 15 atom stereocenters. The van der Waals surface area contributed by atoms with E-state index in [9.17, 15) is 45.8 Å². The first-order valence-electron chi connectivity index (χ1n) is 31.0. The number of unbranched alkanes of at least 4 members (excludes halogenated alkanes) is 19. The van der Waals surface area contributed by atoms with Crippen molar-refractivity contribution < 1.29 is 121 Å². The second-order valence-electron chi connectivity index (χ2n) is 23.2. The van der Waals surface area contributed by atoms with Crippen LogP contribution < -0.4 is 40.1 Å². The average molecular weight is 1240 g/mol. The number of aliphatic hydroxyl groups is 7. The number of carbonyl (C=O) groups excluding carboxylic acids is 1. The van der Waals surface area contributed by atoms with Gasteiger partial charge in [0, 0.05) is 38.2 Å². The van der Waals surface area contributed by atoms with Gasteiger partial charge in [-0.2, -0.15) is 4.33 Å². The summed E-state index contributed by atoms with van der Waals surface area (Å²) in [5.74, 6) is -0.476. The van der Waals surface area contributed by atoms with Crippen LogP contribution in [-0.4, -0.2) is 202 Å². The zero-order valence-corrected chi connectivity index (χ0v) is 56.9. The van der Waals surface area contributed by atoms with Crippen molar-refractivity contribution in [1.82, 2.24) is 10.2 Å². The third-order valence-corrected chi connectivity index (χ3v) is 22.3. The molecule has 21 nitrogen and oxygen atoms in total. The normalized spacial score (nSPS) is 30.1. The molecule has 0 saturated carbocycles. The van der Waals surface area contributed by atoms with Crippen molar-refractivity contribution in [2.45, 2.75) is 298 Å². The Bertz CT molecular complexity index is 1640. The number of aliphatic hydroxyl groups excluding tert-OH is 7. The molecule has 0 aliphatic carbocycles. The van der Waals surface area contributed by atoms with Crippen molar-refractivity contribution in [2.24, 2.45) is 0 Å². The van der Waals surface area contributed by atoms with Crippen molar-refractivity contribution in [2.75, 3.05) is 46.6 Å². The Morgan fingerprint density at radius 1 is 0.695 bits per heavy atom. The summed E-state index contributed by atoms with van der Waals surface area (Å²) in [7, 11) is -1.06. The molecule has 15 unspecified atom stereocenters. The van der Waals surface area contributed by atoms with Crippen molar-refractivity contribution in [3.8, 4) is 0 Å². The molecular weight excluding hydrogens is 1130 g/mol. The predicted molar refractivity (Wildman–Crippen MR) is 313 cm³/mol. The van der Waals surface area contributed by atoms with Gasteiger partial charge >= 0.3 is 38.4 Å². The van der Waals surface area contributed by atoms with Gasteiger partial charge in [-0.15, -0.1) is 0 Å². The number of ether oxygens (including phenoxy) is 5. The quantitative estimate of drug-likeness (QED) is 0.0108. The number of rotatable bonds is 46. The summed E-state index contributed by atoms with van der Waals surface area (Å²) in [6, 6.07) is -0.0700. The summed E-state index contributed by atoms with van der Waals surface area (Å²) >= 11 is 0.287. The minimum absolute atomic E-state index is 0. The van der Waals surface area contributed by atoms with Gasteiger partial charge in [0.15, 0.2) is 22.3 Å². The molecule has 3 saturated heterocycles. The van der Waals surface area contributed by atoms with E-state index in [0.717, 1.165) is 38.3 Å². The molecule has 0 aromatic rings. The van der Waals surface area contributed by atoms with Crippen LogP contribution in [0, 0.1) is 0 Å².